The highest BCUT2D eigenvalue weighted by atomic mass is 16.5. The molecule has 1 fully saturated rings. The molecule has 0 unspecified atom stereocenters. The third-order valence-corrected chi connectivity index (χ3v) is 10.2. The molecule has 13 nitrogen and oxygen atoms in total. The van der Waals surface area contributed by atoms with Gasteiger partial charge in [0, 0.05) is 27.8 Å². The molecule has 6 N–H and O–H groups in total. The molecule has 1 saturated heterocycles. The van der Waals surface area contributed by atoms with Gasteiger partial charge in [0.15, 0.2) is 0 Å². The summed E-state index contributed by atoms with van der Waals surface area (Å²) in [6.07, 6.45) is 0.231. The number of likely N-dealkylation sites (tertiary alicyclic amines) is 1. The van der Waals surface area contributed by atoms with Crippen LogP contribution in [0.25, 0.3) is 0 Å². The van der Waals surface area contributed by atoms with E-state index in [1.54, 1.807) is 30.9 Å². The van der Waals surface area contributed by atoms with E-state index >= 15 is 0 Å². The Morgan fingerprint density at radius 3 is 2.18 bits per heavy atom. The number of ether oxygens (including phenoxy) is 2. The zero-order chi connectivity index (χ0) is 37.7. The summed E-state index contributed by atoms with van der Waals surface area (Å²) in [5, 5.41) is 25.5. The molecule has 13 heteroatoms. The fourth-order valence-corrected chi connectivity index (χ4v) is 6.90. The van der Waals surface area contributed by atoms with Gasteiger partial charge in [0.25, 0.3) is 0 Å². The summed E-state index contributed by atoms with van der Waals surface area (Å²) in [7, 11) is 4.72. The molecule has 0 radical (unpaired) electrons. The van der Waals surface area contributed by atoms with Crippen LogP contribution >= 0.6 is 0 Å². The quantitative estimate of drug-likeness (QED) is 0.134. The van der Waals surface area contributed by atoms with Gasteiger partial charge in [-0.25, -0.2) is 0 Å². The molecule has 0 aliphatic carbocycles. The Hall–Kier alpha value is -3.10. The summed E-state index contributed by atoms with van der Waals surface area (Å²) in [5.74, 6) is -2.36. The molecule has 0 aromatic heterocycles. The van der Waals surface area contributed by atoms with Gasteiger partial charge in [0.05, 0.1) is 55.4 Å². The van der Waals surface area contributed by atoms with Crippen LogP contribution in [0.5, 0.6) is 0 Å². The molecule has 1 aliphatic rings. The lowest BCUT2D eigenvalue weighted by atomic mass is 9.89. The monoisotopic (exact) mass is 705 g/mol. The number of methoxy groups -OCH3 is 2. The average molecular weight is 706 g/mol. The Morgan fingerprint density at radius 2 is 1.66 bits per heavy atom. The predicted octanol–water partition coefficient (Wildman–Crippen LogP) is 1.48. The van der Waals surface area contributed by atoms with Crippen molar-refractivity contribution in [2.45, 2.75) is 122 Å². The molecule has 284 valence electrons. The van der Waals surface area contributed by atoms with Crippen LogP contribution in [-0.2, 0) is 35.1 Å². The lowest BCUT2D eigenvalue weighted by Gasteiger charge is -2.41. The average Bonchev–Trinajstić information content (AvgIpc) is 3.59. The van der Waals surface area contributed by atoms with Crippen LogP contribution < -0.4 is 16.4 Å². The first-order valence-electron chi connectivity index (χ1n) is 17.9. The number of amides is 4. The molecule has 1 aromatic carbocycles. The highest BCUT2D eigenvalue weighted by molar-refractivity contribution is 5.90. The Bertz CT molecular complexity index is 1220. The third kappa shape index (κ3) is 11.5. The zero-order valence-corrected chi connectivity index (χ0v) is 31.5. The molecule has 0 spiro atoms. The van der Waals surface area contributed by atoms with Crippen LogP contribution in [0.4, 0.5) is 0 Å². The largest absolute Gasteiger partial charge is 0.394 e. The molecule has 10 atom stereocenters. The summed E-state index contributed by atoms with van der Waals surface area (Å²) in [6.45, 7) is 11.1. The first-order chi connectivity index (χ1) is 23.6. The number of likely N-dealkylation sites (N-methyl/N-ethyl adjacent to an activating group) is 1. The highest BCUT2D eigenvalue weighted by Crippen LogP contribution is 2.29. The van der Waals surface area contributed by atoms with E-state index in [4.69, 9.17) is 15.2 Å². The minimum absolute atomic E-state index is 0.00803. The maximum Gasteiger partial charge on any atom is 0.245 e. The molecular formula is C37H63N5O8. The van der Waals surface area contributed by atoms with Gasteiger partial charge in [0.1, 0.15) is 12.1 Å². The number of benzene rings is 1. The lowest BCUT2D eigenvalue weighted by Crippen LogP contribution is -2.60. The Kier molecular flexibility index (Phi) is 17.8. The second-order valence-corrected chi connectivity index (χ2v) is 14.2. The number of carbonyl (C=O) groups excluding carboxylic acids is 4. The number of carbonyl (C=O) groups is 4. The van der Waals surface area contributed by atoms with E-state index in [0.29, 0.717) is 25.8 Å². The summed E-state index contributed by atoms with van der Waals surface area (Å²) in [4.78, 5) is 57.5. The Balaban J connectivity index is 2.23. The zero-order valence-electron chi connectivity index (χ0n) is 31.5. The van der Waals surface area contributed by atoms with E-state index in [1.807, 2.05) is 58.0 Å². The van der Waals surface area contributed by atoms with Crippen molar-refractivity contribution in [2.75, 3.05) is 34.4 Å². The molecular weight excluding hydrogens is 642 g/mol. The summed E-state index contributed by atoms with van der Waals surface area (Å²) in [5.41, 5.74) is 6.84. The van der Waals surface area contributed by atoms with Gasteiger partial charge >= 0.3 is 0 Å². The maximum atomic E-state index is 14.1. The van der Waals surface area contributed by atoms with Crippen LogP contribution in [0.2, 0.25) is 0 Å². The smallest absolute Gasteiger partial charge is 0.245 e. The van der Waals surface area contributed by atoms with Crippen LogP contribution in [0.15, 0.2) is 30.3 Å². The molecule has 1 aromatic rings. The molecule has 0 bridgehead atoms. The van der Waals surface area contributed by atoms with Crippen molar-refractivity contribution in [3.05, 3.63) is 35.9 Å². The van der Waals surface area contributed by atoms with Gasteiger partial charge in [0.2, 0.25) is 23.6 Å². The maximum absolute atomic E-state index is 14.1. The van der Waals surface area contributed by atoms with Crippen molar-refractivity contribution in [1.29, 1.82) is 0 Å². The van der Waals surface area contributed by atoms with Crippen LogP contribution in [0.3, 0.4) is 0 Å². The van der Waals surface area contributed by atoms with Crippen LogP contribution in [-0.4, -0.2) is 127 Å². The van der Waals surface area contributed by atoms with Crippen molar-refractivity contribution in [2.24, 2.45) is 23.5 Å². The SMILES string of the molecule is CC[C@H](C)[C@@H]([C@@H](CC(=O)N1CCC[C@H]1[C@H](OC)[C@@H](C)C(=O)N[C@H](CO)Cc1ccccc1)OC)N(C)C(=O)[C@@H](NC(=O)[C@@H](N)[C@@H](C)O)C(C)C. The van der Waals surface area contributed by atoms with Crippen LogP contribution in [0, 0.1) is 17.8 Å². The summed E-state index contributed by atoms with van der Waals surface area (Å²) in [6, 6.07) is 6.20. The van der Waals surface area contributed by atoms with E-state index in [9.17, 15) is 29.4 Å². The van der Waals surface area contributed by atoms with Crippen molar-refractivity contribution < 1.29 is 38.9 Å². The number of hydrogen-bond acceptors (Lipinski definition) is 9. The number of hydrogen-bond donors (Lipinski definition) is 5. The van der Waals surface area contributed by atoms with E-state index in [-0.39, 0.29) is 48.6 Å². The lowest BCUT2D eigenvalue weighted by molar-refractivity contribution is -0.148. The molecule has 0 saturated carbocycles. The molecule has 1 heterocycles. The fourth-order valence-electron chi connectivity index (χ4n) is 6.90. The molecule has 1 aliphatic heterocycles. The summed E-state index contributed by atoms with van der Waals surface area (Å²) >= 11 is 0. The van der Waals surface area contributed by atoms with Gasteiger partial charge in [-0.15, -0.1) is 0 Å². The molecule has 4 amide bonds. The number of aliphatic hydroxyl groups is 2. The predicted molar refractivity (Wildman–Crippen MR) is 192 cm³/mol. The number of aliphatic hydroxyl groups excluding tert-OH is 2. The Morgan fingerprint density at radius 1 is 1.02 bits per heavy atom. The normalized spacial score (nSPS) is 20.2. The van der Waals surface area contributed by atoms with Gasteiger partial charge in [-0.3, -0.25) is 19.2 Å². The molecule has 2 rings (SSSR count). The third-order valence-electron chi connectivity index (χ3n) is 10.2. The van der Waals surface area contributed by atoms with Gasteiger partial charge < -0.3 is 45.9 Å². The number of nitrogens with two attached hydrogens (primary N) is 1. The second-order valence-electron chi connectivity index (χ2n) is 14.2. The van der Waals surface area contributed by atoms with E-state index in [1.165, 1.54) is 14.0 Å². The highest BCUT2D eigenvalue weighted by Gasteiger charge is 2.43. The fraction of sp³-hybridized carbons (Fsp3) is 0.730. The number of nitrogens with one attached hydrogen (secondary N) is 2. The van der Waals surface area contributed by atoms with E-state index < -0.39 is 54.3 Å². The van der Waals surface area contributed by atoms with Crippen molar-refractivity contribution >= 4 is 23.6 Å². The van der Waals surface area contributed by atoms with Crippen LogP contribution in [0.1, 0.15) is 72.8 Å². The second kappa shape index (κ2) is 20.7. The summed E-state index contributed by atoms with van der Waals surface area (Å²) < 4.78 is 11.8. The van der Waals surface area contributed by atoms with Gasteiger partial charge in [-0.05, 0) is 43.6 Å². The van der Waals surface area contributed by atoms with Gasteiger partial charge in [-0.1, -0.05) is 71.4 Å². The Labute approximate surface area is 298 Å². The topological polar surface area (TPSA) is 184 Å². The first-order valence-corrected chi connectivity index (χ1v) is 17.9. The first kappa shape index (κ1) is 43.1. The van der Waals surface area contributed by atoms with E-state index in [2.05, 4.69) is 10.6 Å². The minimum atomic E-state index is -1.19. The van der Waals surface area contributed by atoms with Crippen molar-refractivity contribution in [3.63, 3.8) is 0 Å². The van der Waals surface area contributed by atoms with E-state index in [0.717, 1.165) is 12.0 Å². The molecule has 50 heavy (non-hydrogen) atoms. The van der Waals surface area contributed by atoms with Crippen molar-refractivity contribution in [3.8, 4) is 0 Å². The minimum Gasteiger partial charge on any atom is -0.394 e. The number of rotatable bonds is 20. The number of nitrogens with zero attached hydrogens (tertiary/aromatic N) is 2. The van der Waals surface area contributed by atoms with Crippen molar-refractivity contribution in [1.82, 2.24) is 20.4 Å². The standard InChI is InChI=1S/C37H63N5O8/c1-10-23(4)33(41(7)37(48)32(22(2)3)40-36(47)31(38)25(6)44)29(49-8)20-30(45)42-18-14-17-28(42)34(50-9)24(5)35(46)39-27(21-43)19-26-15-12-11-13-16-26/h11-13,15-16,22-25,27-29,31-34,43-44H,10,14,17-21,38H2,1-9H3,(H,39,46)(H,40,47)/t23-,24+,25+,27-,28-,29+,31-,32-,33-,34+/m0/s1. The van der Waals surface area contributed by atoms with Gasteiger partial charge in [-0.2, -0.15) is 0 Å².